The molecular weight excluding hydrogens is 292 g/mol. The smallest absolute Gasteiger partial charge is 0.323 e. The zero-order chi connectivity index (χ0) is 15.2. The molecule has 5 nitrogen and oxygen atoms in total. The molecule has 6 heteroatoms. The normalized spacial score (nSPS) is 9.86. The second kappa shape index (κ2) is 6.85. The molecule has 0 aliphatic heterocycles. The molecule has 0 heterocycles. The third-order valence-electron chi connectivity index (χ3n) is 2.78. The molecule has 21 heavy (non-hydrogen) atoms. The predicted molar refractivity (Wildman–Crippen MR) is 83.6 cm³/mol. The van der Waals surface area contributed by atoms with Crippen LogP contribution < -0.4 is 20.1 Å². The number of hydrogen-bond donors (Lipinski definition) is 2. The minimum atomic E-state index is -0.411. The fourth-order valence-electron chi connectivity index (χ4n) is 1.74. The van der Waals surface area contributed by atoms with E-state index in [1.54, 1.807) is 49.6 Å². The fourth-order valence-corrected chi connectivity index (χ4v) is 1.92. The molecule has 2 N–H and O–H groups in total. The van der Waals surface area contributed by atoms with Crippen LogP contribution in [0.25, 0.3) is 0 Å². The lowest BCUT2D eigenvalue weighted by molar-refractivity contribution is 0.262. The van der Waals surface area contributed by atoms with Crippen molar-refractivity contribution in [1.82, 2.24) is 0 Å². The molecule has 0 radical (unpaired) electrons. The minimum absolute atomic E-state index is 0.411. The van der Waals surface area contributed by atoms with E-state index in [9.17, 15) is 4.79 Å². The molecule has 0 aliphatic rings. The zero-order valence-electron chi connectivity index (χ0n) is 11.6. The average Bonchev–Trinajstić information content (AvgIpc) is 2.50. The van der Waals surface area contributed by atoms with E-state index in [0.717, 1.165) is 0 Å². The molecule has 2 rings (SSSR count). The number of hydrogen-bond acceptors (Lipinski definition) is 3. The van der Waals surface area contributed by atoms with Crippen molar-refractivity contribution in [2.45, 2.75) is 0 Å². The monoisotopic (exact) mass is 306 g/mol. The molecule has 2 aromatic rings. The number of ether oxygens (including phenoxy) is 2. The van der Waals surface area contributed by atoms with Gasteiger partial charge in [-0.05, 0) is 24.3 Å². The van der Waals surface area contributed by atoms with E-state index in [2.05, 4.69) is 10.6 Å². The molecular formula is C15H15ClN2O3. The first-order valence-corrected chi connectivity index (χ1v) is 6.56. The first-order chi connectivity index (χ1) is 10.1. The quantitative estimate of drug-likeness (QED) is 0.897. The summed E-state index contributed by atoms with van der Waals surface area (Å²) in [6, 6.07) is 11.7. The van der Waals surface area contributed by atoms with E-state index in [-0.39, 0.29) is 0 Å². The number of carbonyl (C=O) groups is 1. The van der Waals surface area contributed by atoms with Crippen molar-refractivity contribution >= 4 is 29.0 Å². The van der Waals surface area contributed by atoms with E-state index >= 15 is 0 Å². The molecule has 0 spiro atoms. The van der Waals surface area contributed by atoms with E-state index in [4.69, 9.17) is 21.1 Å². The summed E-state index contributed by atoms with van der Waals surface area (Å²) in [7, 11) is 3.08. The van der Waals surface area contributed by atoms with Gasteiger partial charge in [-0.3, -0.25) is 0 Å². The lowest BCUT2D eigenvalue weighted by Crippen LogP contribution is -2.20. The Bertz CT molecular complexity index is 647. The Balaban J connectivity index is 2.11. The highest BCUT2D eigenvalue weighted by atomic mass is 35.5. The van der Waals surface area contributed by atoms with Gasteiger partial charge in [0.15, 0.2) is 0 Å². The van der Waals surface area contributed by atoms with Crippen LogP contribution in [0.5, 0.6) is 11.5 Å². The molecule has 0 atom stereocenters. The zero-order valence-corrected chi connectivity index (χ0v) is 12.4. The standard InChI is InChI=1S/C15H15ClN2O3/c1-20-10-7-8-13(14(9-10)21-2)18-15(19)17-12-6-4-3-5-11(12)16/h3-9H,1-2H3,(H2,17,18,19). The first-order valence-electron chi connectivity index (χ1n) is 6.18. The van der Waals surface area contributed by atoms with Crippen LogP contribution in [0.2, 0.25) is 5.02 Å². The number of para-hydroxylation sites is 1. The summed E-state index contributed by atoms with van der Waals surface area (Å²) in [6.07, 6.45) is 0. The minimum Gasteiger partial charge on any atom is -0.497 e. The number of carbonyl (C=O) groups excluding carboxylic acids is 1. The van der Waals surface area contributed by atoms with Gasteiger partial charge in [-0.15, -0.1) is 0 Å². The molecule has 2 amide bonds. The molecule has 0 bridgehead atoms. The number of rotatable bonds is 4. The van der Waals surface area contributed by atoms with Crippen molar-refractivity contribution in [3.8, 4) is 11.5 Å². The summed E-state index contributed by atoms with van der Waals surface area (Å²) in [5.74, 6) is 1.15. The average molecular weight is 307 g/mol. The van der Waals surface area contributed by atoms with E-state index in [0.29, 0.717) is 27.9 Å². The maximum atomic E-state index is 12.0. The summed E-state index contributed by atoms with van der Waals surface area (Å²) >= 11 is 5.99. The second-order valence-electron chi connectivity index (χ2n) is 4.13. The van der Waals surface area contributed by atoms with Gasteiger partial charge in [0.2, 0.25) is 0 Å². The maximum Gasteiger partial charge on any atom is 0.323 e. The highest BCUT2D eigenvalue weighted by Crippen LogP contribution is 2.29. The molecule has 0 aliphatic carbocycles. The van der Waals surface area contributed by atoms with Crippen molar-refractivity contribution in [1.29, 1.82) is 0 Å². The fraction of sp³-hybridized carbons (Fsp3) is 0.133. The summed E-state index contributed by atoms with van der Waals surface area (Å²) < 4.78 is 10.3. The number of methoxy groups -OCH3 is 2. The SMILES string of the molecule is COc1ccc(NC(=O)Nc2ccccc2Cl)c(OC)c1. The molecule has 0 aromatic heterocycles. The van der Waals surface area contributed by atoms with E-state index < -0.39 is 6.03 Å². The summed E-state index contributed by atoms with van der Waals surface area (Å²) in [5, 5.41) is 5.84. The Labute approximate surface area is 127 Å². The highest BCUT2D eigenvalue weighted by molar-refractivity contribution is 6.33. The maximum absolute atomic E-state index is 12.0. The van der Waals surface area contributed by atoms with Gasteiger partial charge in [-0.1, -0.05) is 23.7 Å². The third-order valence-corrected chi connectivity index (χ3v) is 3.11. The van der Waals surface area contributed by atoms with Crippen molar-refractivity contribution in [2.24, 2.45) is 0 Å². The van der Waals surface area contributed by atoms with Crippen molar-refractivity contribution in [3.05, 3.63) is 47.5 Å². The van der Waals surface area contributed by atoms with E-state index in [1.807, 2.05) is 0 Å². The van der Waals surface area contributed by atoms with Gasteiger partial charge in [-0.25, -0.2) is 4.79 Å². The largest absolute Gasteiger partial charge is 0.497 e. The molecule has 0 saturated heterocycles. The number of anilines is 2. The van der Waals surface area contributed by atoms with Crippen LogP contribution in [0.4, 0.5) is 16.2 Å². The Morgan fingerprint density at radius 3 is 2.38 bits per heavy atom. The lowest BCUT2D eigenvalue weighted by Gasteiger charge is -2.12. The number of halogens is 1. The van der Waals surface area contributed by atoms with Gasteiger partial charge in [0.25, 0.3) is 0 Å². The summed E-state index contributed by atoms with van der Waals surface area (Å²) in [5.41, 5.74) is 1.06. The van der Waals surface area contributed by atoms with Crippen LogP contribution in [0.3, 0.4) is 0 Å². The van der Waals surface area contributed by atoms with Gasteiger partial charge in [0.05, 0.1) is 30.6 Å². The van der Waals surface area contributed by atoms with Gasteiger partial charge in [-0.2, -0.15) is 0 Å². The molecule has 2 aromatic carbocycles. The number of benzene rings is 2. The van der Waals surface area contributed by atoms with Crippen molar-refractivity contribution in [2.75, 3.05) is 24.9 Å². The van der Waals surface area contributed by atoms with Crippen LogP contribution in [0.1, 0.15) is 0 Å². The van der Waals surface area contributed by atoms with Gasteiger partial charge in [0.1, 0.15) is 11.5 Å². The van der Waals surface area contributed by atoms with E-state index in [1.165, 1.54) is 7.11 Å². The molecule has 110 valence electrons. The second-order valence-corrected chi connectivity index (χ2v) is 4.53. The first kappa shape index (κ1) is 15.0. The van der Waals surface area contributed by atoms with Gasteiger partial charge < -0.3 is 20.1 Å². The highest BCUT2D eigenvalue weighted by Gasteiger charge is 2.10. The topological polar surface area (TPSA) is 59.6 Å². The van der Waals surface area contributed by atoms with Crippen LogP contribution in [-0.4, -0.2) is 20.3 Å². The number of nitrogens with one attached hydrogen (secondary N) is 2. The Morgan fingerprint density at radius 1 is 1.00 bits per heavy atom. The van der Waals surface area contributed by atoms with Crippen molar-refractivity contribution in [3.63, 3.8) is 0 Å². The number of amides is 2. The summed E-state index contributed by atoms with van der Waals surface area (Å²) in [4.78, 5) is 12.0. The Kier molecular flexibility index (Phi) is 4.90. The van der Waals surface area contributed by atoms with Crippen molar-refractivity contribution < 1.29 is 14.3 Å². The molecule has 0 fully saturated rings. The van der Waals surface area contributed by atoms with Crippen LogP contribution in [-0.2, 0) is 0 Å². The molecule has 0 saturated carbocycles. The lowest BCUT2D eigenvalue weighted by atomic mass is 10.2. The Morgan fingerprint density at radius 2 is 1.71 bits per heavy atom. The predicted octanol–water partition coefficient (Wildman–Crippen LogP) is 4.00. The van der Waals surface area contributed by atoms with Crippen LogP contribution >= 0.6 is 11.6 Å². The van der Waals surface area contributed by atoms with Gasteiger partial charge in [0, 0.05) is 6.07 Å². The summed E-state index contributed by atoms with van der Waals surface area (Å²) in [6.45, 7) is 0. The van der Waals surface area contributed by atoms with Gasteiger partial charge >= 0.3 is 6.03 Å². The third kappa shape index (κ3) is 3.79. The molecule has 0 unspecified atom stereocenters. The van der Waals surface area contributed by atoms with Crippen LogP contribution in [0.15, 0.2) is 42.5 Å². The number of urea groups is 1. The Hall–Kier alpha value is -2.40. The van der Waals surface area contributed by atoms with Crippen LogP contribution in [0, 0.1) is 0 Å².